The Balaban J connectivity index is 1.20. The standard InChI is InChI=1S/C39H19F6N3O4/c40-38(41,42)37(39(43,44)45,20-11-13-22-24(16-20)34(51)31(33(22)50)32-29(49)15-19-5-1-2-8-26(19)46-32)21-12-14-23-25(17-21)36(52)48-28-10-4-7-18-6-3-9-27(30(18)28)47-35(23)48/h1-17,31,49H. The molecule has 7 nitrogen and oxygen atoms in total. The van der Waals surface area contributed by atoms with E-state index in [1.165, 1.54) is 11.0 Å². The Labute approximate surface area is 288 Å². The maximum Gasteiger partial charge on any atom is 0.411 e. The molecule has 13 heteroatoms. The minimum atomic E-state index is -6.06. The molecule has 0 saturated heterocycles. The van der Waals surface area contributed by atoms with Crippen molar-refractivity contribution in [3.8, 4) is 5.75 Å². The highest BCUT2D eigenvalue weighted by atomic mass is 19.4. The highest BCUT2D eigenvalue weighted by Crippen LogP contribution is 2.57. The number of nitrogens with zero attached hydrogens (tertiary/aromatic N) is 3. The first-order chi connectivity index (χ1) is 24.7. The lowest BCUT2D eigenvalue weighted by atomic mass is 9.71. The molecule has 1 unspecified atom stereocenters. The molecule has 3 heterocycles. The van der Waals surface area contributed by atoms with Crippen molar-refractivity contribution >= 4 is 56.4 Å². The number of aromatic nitrogens is 1. The highest BCUT2D eigenvalue weighted by molar-refractivity contribution is 6.40. The molecule has 0 radical (unpaired) electrons. The zero-order chi connectivity index (χ0) is 36.5. The summed E-state index contributed by atoms with van der Waals surface area (Å²) in [6.07, 6.45) is -12.1. The van der Waals surface area contributed by atoms with Crippen LogP contribution in [0.25, 0.3) is 21.7 Å². The summed E-state index contributed by atoms with van der Waals surface area (Å²) in [7, 11) is 0. The summed E-state index contributed by atoms with van der Waals surface area (Å²) in [5.41, 5.74) is -8.17. The van der Waals surface area contributed by atoms with Crippen molar-refractivity contribution in [1.29, 1.82) is 0 Å². The first-order valence-electron chi connectivity index (χ1n) is 15.8. The van der Waals surface area contributed by atoms with Crippen LogP contribution in [-0.4, -0.2) is 45.8 Å². The lowest BCUT2D eigenvalue weighted by molar-refractivity contribution is -0.288. The van der Waals surface area contributed by atoms with Gasteiger partial charge < -0.3 is 5.11 Å². The molecule has 5 aromatic carbocycles. The number of pyridine rings is 1. The van der Waals surface area contributed by atoms with Crippen LogP contribution in [0, 0.1) is 0 Å². The van der Waals surface area contributed by atoms with Crippen LogP contribution in [0.1, 0.15) is 59.4 Å². The molecule has 1 aliphatic carbocycles. The van der Waals surface area contributed by atoms with Gasteiger partial charge in [0.2, 0.25) is 5.41 Å². The number of hydrogen-bond acceptors (Lipinski definition) is 6. The fourth-order valence-electron chi connectivity index (χ4n) is 7.70. The number of ketones is 2. The van der Waals surface area contributed by atoms with Gasteiger partial charge in [-0.1, -0.05) is 66.7 Å². The monoisotopic (exact) mass is 707 g/mol. The van der Waals surface area contributed by atoms with E-state index in [1.807, 2.05) is 0 Å². The maximum atomic E-state index is 15.4. The predicted molar refractivity (Wildman–Crippen MR) is 178 cm³/mol. The Morgan fingerprint density at radius 3 is 1.96 bits per heavy atom. The van der Waals surface area contributed by atoms with Gasteiger partial charge in [0.1, 0.15) is 23.2 Å². The molecule has 256 valence electrons. The van der Waals surface area contributed by atoms with Gasteiger partial charge in [0.15, 0.2) is 11.6 Å². The van der Waals surface area contributed by atoms with E-state index in [9.17, 15) is 19.5 Å². The number of hydrogen-bond donors (Lipinski definition) is 1. The van der Waals surface area contributed by atoms with E-state index in [0.29, 0.717) is 51.9 Å². The van der Waals surface area contributed by atoms with E-state index in [0.717, 1.165) is 17.5 Å². The Bertz CT molecular complexity index is 2650. The molecular weight excluding hydrogens is 688 g/mol. The lowest BCUT2D eigenvalue weighted by Crippen LogP contribution is -2.55. The molecule has 0 spiro atoms. The fraction of sp³-hybridized carbons (Fsp3) is 0.103. The van der Waals surface area contributed by atoms with Crippen molar-refractivity contribution in [3.05, 3.63) is 142 Å². The van der Waals surface area contributed by atoms with Gasteiger partial charge in [-0.15, -0.1) is 0 Å². The third-order valence-corrected chi connectivity index (χ3v) is 10.0. The second kappa shape index (κ2) is 10.3. The lowest BCUT2D eigenvalue weighted by Gasteiger charge is -2.38. The summed E-state index contributed by atoms with van der Waals surface area (Å²) in [5.74, 6) is -5.21. The molecule has 0 fully saturated rings. The Hall–Kier alpha value is -6.37. The second-order valence-corrected chi connectivity index (χ2v) is 12.7. The third kappa shape index (κ3) is 4.01. The first kappa shape index (κ1) is 31.6. The molecule has 0 bridgehead atoms. The van der Waals surface area contributed by atoms with E-state index in [-0.39, 0.29) is 17.1 Å². The SMILES string of the molecule is O=C1c2ccc(C(c3ccc4c(c3)C(=O)N3C4=Nc4cccc5cccc3c45)(C(F)(F)F)C(F)(F)F)cc2C(=O)C1c1nc2ccccc2cc1O. The van der Waals surface area contributed by atoms with Crippen LogP contribution in [0.15, 0.2) is 108 Å². The molecule has 6 aromatic rings. The number of aliphatic imine (C=N–C) groups is 1. The van der Waals surface area contributed by atoms with Gasteiger partial charge >= 0.3 is 12.4 Å². The van der Waals surface area contributed by atoms with Crippen LogP contribution in [0.2, 0.25) is 0 Å². The van der Waals surface area contributed by atoms with Crippen LogP contribution in [0.4, 0.5) is 37.7 Å². The minimum Gasteiger partial charge on any atom is -0.506 e. The first-order valence-corrected chi connectivity index (χ1v) is 15.8. The predicted octanol–water partition coefficient (Wildman–Crippen LogP) is 8.72. The molecule has 1 amide bonds. The van der Waals surface area contributed by atoms with Crippen molar-refractivity contribution in [2.24, 2.45) is 4.99 Å². The van der Waals surface area contributed by atoms with E-state index in [4.69, 9.17) is 0 Å². The van der Waals surface area contributed by atoms with E-state index < -0.39 is 74.7 Å². The van der Waals surface area contributed by atoms with E-state index >= 15 is 26.3 Å². The van der Waals surface area contributed by atoms with Crippen molar-refractivity contribution in [2.75, 3.05) is 4.90 Å². The number of benzene rings is 5. The minimum absolute atomic E-state index is 0.0405. The number of alkyl halides is 6. The van der Waals surface area contributed by atoms with E-state index in [1.54, 1.807) is 60.7 Å². The fourth-order valence-corrected chi connectivity index (χ4v) is 7.70. The summed E-state index contributed by atoms with van der Waals surface area (Å²) < 4.78 is 92.1. The molecule has 9 rings (SSSR count). The largest absolute Gasteiger partial charge is 0.506 e. The number of aromatic hydroxyl groups is 1. The Morgan fingerprint density at radius 2 is 1.25 bits per heavy atom. The summed E-state index contributed by atoms with van der Waals surface area (Å²) in [6.45, 7) is 0. The van der Waals surface area contributed by atoms with E-state index in [2.05, 4.69) is 9.98 Å². The van der Waals surface area contributed by atoms with Gasteiger partial charge in [-0.2, -0.15) is 26.3 Å². The smallest absolute Gasteiger partial charge is 0.411 e. The average Bonchev–Trinajstić information content (AvgIpc) is 3.52. The number of rotatable bonds is 3. The summed E-state index contributed by atoms with van der Waals surface area (Å²) in [5, 5.41) is 12.5. The molecule has 1 atom stereocenters. The van der Waals surface area contributed by atoms with Gasteiger partial charge in [-0.25, -0.2) is 9.98 Å². The summed E-state index contributed by atoms with van der Waals surface area (Å²) in [6, 6.07) is 21.9. The zero-order valence-corrected chi connectivity index (χ0v) is 26.2. The van der Waals surface area contributed by atoms with Crippen molar-refractivity contribution < 1.29 is 45.8 Å². The normalized spacial score (nSPS) is 16.7. The van der Waals surface area contributed by atoms with Gasteiger partial charge in [-0.05, 0) is 52.9 Å². The molecule has 3 aliphatic rings. The number of carbonyl (C=O) groups is 3. The topological polar surface area (TPSA) is 99.9 Å². The number of amides is 1. The highest BCUT2D eigenvalue weighted by Gasteiger charge is 2.73. The van der Waals surface area contributed by atoms with Crippen molar-refractivity contribution in [1.82, 2.24) is 4.98 Å². The number of halogens is 6. The number of fused-ring (bicyclic) bond motifs is 6. The quantitative estimate of drug-likeness (QED) is 0.147. The number of amidine groups is 1. The molecule has 2 aliphatic heterocycles. The Kier molecular flexibility index (Phi) is 6.29. The van der Waals surface area contributed by atoms with Gasteiger partial charge in [-0.3, -0.25) is 19.3 Å². The number of carbonyl (C=O) groups excluding carboxylic acids is 3. The van der Waals surface area contributed by atoms with Crippen LogP contribution in [0.3, 0.4) is 0 Å². The number of Topliss-reactive ketones (excluding diaryl/α,β-unsaturated/α-hetero) is 2. The average molecular weight is 708 g/mol. The number of anilines is 1. The Morgan fingerprint density at radius 1 is 0.635 bits per heavy atom. The molecule has 1 N–H and O–H groups in total. The van der Waals surface area contributed by atoms with Crippen LogP contribution < -0.4 is 4.90 Å². The van der Waals surface area contributed by atoms with Crippen LogP contribution >= 0.6 is 0 Å². The van der Waals surface area contributed by atoms with Gasteiger partial charge in [0, 0.05) is 27.5 Å². The molecule has 52 heavy (non-hydrogen) atoms. The van der Waals surface area contributed by atoms with Gasteiger partial charge in [0.25, 0.3) is 5.91 Å². The van der Waals surface area contributed by atoms with Crippen LogP contribution in [0.5, 0.6) is 5.75 Å². The molecule has 0 saturated carbocycles. The second-order valence-electron chi connectivity index (χ2n) is 12.7. The maximum absolute atomic E-state index is 15.4. The summed E-state index contributed by atoms with van der Waals surface area (Å²) in [4.78, 5) is 51.1. The molecule has 1 aromatic heterocycles. The van der Waals surface area contributed by atoms with Crippen molar-refractivity contribution in [3.63, 3.8) is 0 Å². The number of para-hydroxylation sites is 1. The molecular formula is C39H19F6N3O4. The third-order valence-electron chi connectivity index (χ3n) is 10.0. The zero-order valence-electron chi connectivity index (χ0n) is 26.2. The van der Waals surface area contributed by atoms with Crippen molar-refractivity contribution in [2.45, 2.75) is 23.7 Å². The van der Waals surface area contributed by atoms with Crippen LogP contribution in [-0.2, 0) is 5.41 Å². The summed E-state index contributed by atoms with van der Waals surface area (Å²) >= 11 is 0. The van der Waals surface area contributed by atoms with Gasteiger partial charge in [0.05, 0.1) is 22.5 Å².